The third-order valence-electron chi connectivity index (χ3n) is 3.57. The molecule has 26 heavy (non-hydrogen) atoms. The highest BCUT2D eigenvalue weighted by Gasteiger charge is 2.30. The number of amides is 2. The minimum Gasteiger partial charge on any atom is -0.363 e. The van der Waals surface area contributed by atoms with Gasteiger partial charge in [0.2, 0.25) is 5.91 Å². The van der Waals surface area contributed by atoms with Gasteiger partial charge < -0.3 is 14.7 Å². The standard InChI is InChI=1S/C17H18F3N3O3/c1-2-3-9-23(11-15(24)21-14-8-10-26-22-14)16(25)12-4-6-13(7-5-12)17(18,19)20/h4-8,10H,2-3,9,11H2,1H3,(H,21,22,24). The van der Waals surface area contributed by atoms with Crippen molar-refractivity contribution in [3.05, 3.63) is 47.7 Å². The van der Waals surface area contributed by atoms with Crippen LogP contribution in [0.5, 0.6) is 0 Å². The normalized spacial score (nSPS) is 11.2. The lowest BCUT2D eigenvalue weighted by Crippen LogP contribution is -2.38. The van der Waals surface area contributed by atoms with Crippen molar-refractivity contribution in [2.24, 2.45) is 0 Å². The maximum atomic E-state index is 12.6. The first-order valence-corrected chi connectivity index (χ1v) is 7.98. The predicted molar refractivity (Wildman–Crippen MR) is 87.4 cm³/mol. The maximum absolute atomic E-state index is 12.6. The summed E-state index contributed by atoms with van der Waals surface area (Å²) in [5, 5.41) is 6.02. The van der Waals surface area contributed by atoms with Crippen molar-refractivity contribution in [1.82, 2.24) is 10.1 Å². The molecule has 2 aromatic rings. The van der Waals surface area contributed by atoms with Crippen LogP contribution in [-0.2, 0) is 11.0 Å². The van der Waals surface area contributed by atoms with Crippen LogP contribution in [0, 0.1) is 0 Å². The van der Waals surface area contributed by atoms with Crippen LogP contribution in [0.25, 0.3) is 0 Å². The summed E-state index contributed by atoms with van der Waals surface area (Å²) >= 11 is 0. The summed E-state index contributed by atoms with van der Waals surface area (Å²) in [6.07, 6.45) is -1.73. The van der Waals surface area contributed by atoms with Gasteiger partial charge in [-0.15, -0.1) is 0 Å². The molecular weight excluding hydrogens is 351 g/mol. The van der Waals surface area contributed by atoms with Crippen LogP contribution in [0.1, 0.15) is 35.7 Å². The van der Waals surface area contributed by atoms with Crippen molar-refractivity contribution in [3.63, 3.8) is 0 Å². The topological polar surface area (TPSA) is 75.4 Å². The van der Waals surface area contributed by atoms with Crippen LogP contribution >= 0.6 is 0 Å². The second kappa shape index (κ2) is 8.50. The molecule has 0 aliphatic heterocycles. The van der Waals surface area contributed by atoms with Gasteiger partial charge in [-0.05, 0) is 30.7 Å². The van der Waals surface area contributed by atoms with E-state index in [1.54, 1.807) is 0 Å². The van der Waals surface area contributed by atoms with Crippen LogP contribution in [0.2, 0.25) is 0 Å². The van der Waals surface area contributed by atoms with Gasteiger partial charge in [0.05, 0.1) is 5.56 Å². The molecule has 0 atom stereocenters. The van der Waals surface area contributed by atoms with Gasteiger partial charge in [0.15, 0.2) is 5.82 Å². The summed E-state index contributed by atoms with van der Waals surface area (Å²) in [6, 6.07) is 5.37. The van der Waals surface area contributed by atoms with Gasteiger partial charge in [0.25, 0.3) is 5.91 Å². The SMILES string of the molecule is CCCCN(CC(=O)Nc1ccon1)C(=O)c1ccc(C(F)(F)F)cc1. The minimum atomic E-state index is -4.47. The van der Waals surface area contributed by atoms with Gasteiger partial charge in [-0.2, -0.15) is 13.2 Å². The van der Waals surface area contributed by atoms with Crippen molar-refractivity contribution in [2.75, 3.05) is 18.4 Å². The molecule has 0 fully saturated rings. The first kappa shape index (κ1) is 19.5. The molecule has 0 aliphatic carbocycles. The molecule has 0 bridgehead atoms. The molecule has 1 aromatic carbocycles. The Kier molecular flexibility index (Phi) is 6.37. The third kappa shape index (κ3) is 5.33. The summed E-state index contributed by atoms with van der Waals surface area (Å²) in [4.78, 5) is 25.9. The molecule has 0 saturated heterocycles. The number of carbonyl (C=O) groups is 2. The van der Waals surface area contributed by atoms with E-state index in [9.17, 15) is 22.8 Å². The molecule has 0 spiro atoms. The Labute approximate surface area is 148 Å². The van der Waals surface area contributed by atoms with E-state index in [0.29, 0.717) is 13.0 Å². The molecule has 6 nitrogen and oxygen atoms in total. The number of nitrogens with one attached hydrogen (secondary N) is 1. The quantitative estimate of drug-likeness (QED) is 0.810. The molecular formula is C17H18F3N3O3. The second-order valence-corrected chi connectivity index (χ2v) is 5.59. The Hall–Kier alpha value is -2.84. The van der Waals surface area contributed by atoms with Crippen molar-refractivity contribution < 1.29 is 27.3 Å². The fraction of sp³-hybridized carbons (Fsp3) is 0.353. The second-order valence-electron chi connectivity index (χ2n) is 5.59. The van der Waals surface area contributed by atoms with E-state index in [2.05, 4.69) is 15.0 Å². The van der Waals surface area contributed by atoms with Gasteiger partial charge in [-0.25, -0.2) is 0 Å². The van der Waals surface area contributed by atoms with Crippen LogP contribution in [0.15, 0.2) is 41.1 Å². The monoisotopic (exact) mass is 369 g/mol. The van der Waals surface area contributed by atoms with E-state index in [0.717, 1.165) is 30.7 Å². The van der Waals surface area contributed by atoms with E-state index >= 15 is 0 Å². The Balaban J connectivity index is 2.09. The minimum absolute atomic E-state index is 0.0864. The molecule has 2 rings (SSSR count). The number of anilines is 1. The van der Waals surface area contributed by atoms with Gasteiger partial charge >= 0.3 is 6.18 Å². The maximum Gasteiger partial charge on any atom is 0.416 e. The molecule has 1 aromatic heterocycles. The van der Waals surface area contributed by atoms with Gasteiger partial charge in [0.1, 0.15) is 12.8 Å². The van der Waals surface area contributed by atoms with E-state index in [4.69, 9.17) is 0 Å². The zero-order valence-electron chi connectivity index (χ0n) is 14.0. The van der Waals surface area contributed by atoms with Gasteiger partial charge in [0, 0.05) is 18.2 Å². The van der Waals surface area contributed by atoms with Gasteiger partial charge in [-0.1, -0.05) is 18.5 Å². The summed E-state index contributed by atoms with van der Waals surface area (Å²) in [6.45, 7) is 1.99. The number of nitrogens with zero attached hydrogens (tertiary/aromatic N) is 2. The van der Waals surface area contributed by atoms with E-state index in [1.807, 2.05) is 6.92 Å². The smallest absolute Gasteiger partial charge is 0.363 e. The highest BCUT2D eigenvalue weighted by molar-refractivity contribution is 5.99. The number of unbranched alkanes of at least 4 members (excludes halogenated alkanes) is 1. The number of hydrogen-bond acceptors (Lipinski definition) is 4. The summed E-state index contributed by atoms with van der Waals surface area (Å²) in [5.74, 6) is -0.773. The number of halogens is 3. The lowest BCUT2D eigenvalue weighted by Gasteiger charge is -2.22. The van der Waals surface area contributed by atoms with Crippen LogP contribution < -0.4 is 5.32 Å². The van der Waals surface area contributed by atoms with Crippen LogP contribution in [0.4, 0.5) is 19.0 Å². The first-order chi connectivity index (χ1) is 12.3. The molecule has 2 amide bonds. The summed E-state index contributed by atoms with van der Waals surface area (Å²) < 4.78 is 42.5. The van der Waals surface area contributed by atoms with Crippen molar-refractivity contribution in [3.8, 4) is 0 Å². The highest BCUT2D eigenvalue weighted by atomic mass is 19.4. The van der Waals surface area contributed by atoms with Crippen LogP contribution in [0.3, 0.4) is 0 Å². The zero-order chi connectivity index (χ0) is 19.2. The molecule has 0 aliphatic rings. The van der Waals surface area contributed by atoms with Crippen molar-refractivity contribution >= 4 is 17.6 Å². The fourth-order valence-corrected chi connectivity index (χ4v) is 2.22. The van der Waals surface area contributed by atoms with E-state index < -0.39 is 23.6 Å². The van der Waals surface area contributed by atoms with Gasteiger partial charge in [-0.3, -0.25) is 9.59 Å². The van der Waals surface area contributed by atoms with Crippen LogP contribution in [-0.4, -0.2) is 35.0 Å². The van der Waals surface area contributed by atoms with Crippen molar-refractivity contribution in [2.45, 2.75) is 25.9 Å². The summed E-state index contributed by atoms with van der Waals surface area (Å²) in [7, 11) is 0. The molecule has 0 radical (unpaired) electrons. The molecule has 1 heterocycles. The molecule has 1 N–H and O–H groups in total. The molecule has 9 heteroatoms. The number of benzene rings is 1. The number of aromatic nitrogens is 1. The zero-order valence-corrected chi connectivity index (χ0v) is 14.0. The Bertz CT molecular complexity index is 728. The number of hydrogen-bond donors (Lipinski definition) is 1. The molecule has 140 valence electrons. The Morgan fingerprint density at radius 2 is 1.88 bits per heavy atom. The lowest BCUT2D eigenvalue weighted by atomic mass is 10.1. The van der Waals surface area contributed by atoms with E-state index in [1.165, 1.54) is 17.2 Å². The number of carbonyl (C=O) groups excluding carboxylic acids is 2. The third-order valence-corrected chi connectivity index (χ3v) is 3.57. The number of alkyl halides is 3. The Morgan fingerprint density at radius 3 is 2.42 bits per heavy atom. The average molecular weight is 369 g/mol. The average Bonchev–Trinajstić information content (AvgIpc) is 3.10. The molecule has 0 saturated carbocycles. The van der Waals surface area contributed by atoms with Crippen molar-refractivity contribution in [1.29, 1.82) is 0 Å². The highest BCUT2D eigenvalue weighted by Crippen LogP contribution is 2.29. The lowest BCUT2D eigenvalue weighted by molar-refractivity contribution is -0.137. The summed E-state index contributed by atoms with van der Waals surface area (Å²) in [5.41, 5.74) is -0.749. The number of rotatable bonds is 7. The Morgan fingerprint density at radius 1 is 1.19 bits per heavy atom. The fourth-order valence-electron chi connectivity index (χ4n) is 2.22. The predicted octanol–water partition coefficient (Wildman–Crippen LogP) is 3.57. The molecule has 0 unspecified atom stereocenters. The first-order valence-electron chi connectivity index (χ1n) is 7.98. The largest absolute Gasteiger partial charge is 0.416 e. The van der Waals surface area contributed by atoms with E-state index in [-0.39, 0.29) is 17.9 Å².